The van der Waals surface area contributed by atoms with E-state index < -0.39 is 17.3 Å². The van der Waals surface area contributed by atoms with Crippen molar-refractivity contribution >= 4 is 0 Å². The molecule has 2 aliphatic heterocycles. The van der Waals surface area contributed by atoms with E-state index in [9.17, 15) is 13.2 Å². The summed E-state index contributed by atoms with van der Waals surface area (Å²) in [7, 11) is 1.26. The van der Waals surface area contributed by atoms with Crippen molar-refractivity contribution in [2.24, 2.45) is 0 Å². The first-order valence-corrected chi connectivity index (χ1v) is 9.47. The summed E-state index contributed by atoms with van der Waals surface area (Å²) in [5.41, 5.74) is 0.214. The summed E-state index contributed by atoms with van der Waals surface area (Å²) < 4.78 is 51.6. The highest BCUT2D eigenvalue weighted by Gasteiger charge is 2.50. The zero-order valence-electron chi connectivity index (χ0n) is 15.6. The van der Waals surface area contributed by atoms with Gasteiger partial charge in [-0.15, -0.1) is 0 Å². The summed E-state index contributed by atoms with van der Waals surface area (Å²) >= 11 is 0. The quantitative estimate of drug-likeness (QED) is 0.837. The molecule has 2 aliphatic rings. The number of methoxy groups -OCH3 is 1. The molecule has 1 N–H and O–H groups in total. The van der Waals surface area contributed by atoms with Crippen molar-refractivity contribution in [2.45, 2.75) is 43.0 Å². The fourth-order valence-corrected chi connectivity index (χ4v) is 4.58. The van der Waals surface area contributed by atoms with E-state index in [4.69, 9.17) is 9.47 Å². The van der Waals surface area contributed by atoms with Gasteiger partial charge in [0.05, 0.1) is 31.1 Å². The van der Waals surface area contributed by atoms with E-state index in [1.165, 1.54) is 13.3 Å². The number of hydrogen-bond acceptors (Lipinski definition) is 4. The lowest BCUT2D eigenvalue weighted by molar-refractivity contribution is -0.138. The summed E-state index contributed by atoms with van der Waals surface area (Å²) in [6.07, 6.45) is -0.858. The third-order valence-electron chi connectivity index (χ3n) is 5.78. The number of nitrogens with zero attached hydrogens (tertiary/aromatic N) is 1. The number of nitrogens with one attached hydrogen (secondary N) is 1. The Labute approximate surface area is 162 Å². The van der Waals surface area contributed by atoms with Gasteiger partial charge in [0.1, 0.15) is 5.56 Å². The average Bonchev–Trinajstić information content (AvgIpc) is 3.11. The average molecular weight is 392 g/mol. The van der Waals surface area contributed by atoms with Crippen LogP contribution in [0.3, 0.4) is 0 Å². The molecule has 0 bridgehead atoms. The van der Waals surface area contributed by atoms with E-state index in [1.807, 2.05) is 18.2 Å². The summed E-state index contributed by atoms with van der Waals surface area (Å²) in [5.74, 6) is -0.441. The minimum Gasteiger partial charge on any atom is -0.494 e. The van der Waals surface area contributed by atoms with Gasteiger partial charge in [-0.05, 0) is 37.4 Å². The van der Waals surface area contributed by atoms with Crippen molar-refractivity contribution in [1.29, 1.82) is 0 Å². The maximum atomic E-state index is 13.4. The molecule has 0 unspecified atom stereocenters. The van der Waals surface area contributed by atoms with Gasteiger partial charge in [0.25, 0.3) is 0 Å². The molecule has 0 aliphatic carbocycles. The second-order valence-corrected chi connectivity index (χ2v) is 7.45. The van der Waals surface area contributed by atoms with Crippen molar-refractivity contribution in [2.75, 3.05) is 20.3 Å². The Morgan fingerprint density at radius 2 is 2.00 bits per heavy atom. The lowest BCUT2D eigenvalue weighted by Crippen LogP contribution is -2.48. The smallest absolute Gasteiger partial charge is 0.420 e. The lowest BCUT2D eigenvalue weighted by Gasteiger charge is -2.41. The van der Waals surface area contributed by atoms with E-state index in [2.05, 4.69) is 22.4 Å². The molecule has 7 heteroatoms. The van der Waals surface area contributed by atoms with Crippen molar-refractivity contribution in [1.82, 2.24) is 10.3 Å². The fraction of sp³-hybridized carbons (Fsp3) is 0.476. The number of ether oxygens (including phenoxy) is 2. The molecule has 4 rings (SSSR count). The Morgan fingerprint density at radius 3 is 2.71 bits per heavy atom. The number of aromatic nitrogens is 1. The van der Waals surface area contributed by atoms with Crippen LogP contribution in [0.2, 0.25) is 0 Å². The van der Waals surface area contributed by atoms with Crippen LogP contribution in [0.1, 0.15) is 48.0 Å². The maximum Gasteiger partial charge on any atom is 0.420 e. The molecular weight excluding hydrogens is 369 g/mol. The van der Waals surface area contributed by atoms with Crippen LogP contribution in [0.15, 0.2) is 42.6 Å². The highest BCUT2D eigenvalue weighted by Crippen LogP contribution is 2.50. The van der Waals surface area contributed by atoms with Gasteiger partial charge in [-0.3, -0.25) is 4.98 Å². The summed E-state index contributed by atoms with van der Waals surface area (Å²) in [5, 5.41) is 3.55. The molecule has 1 aromatic carbocycles. The first-order chi connectivity index (χ1) is 13.4. The van der Waals surface area contributed by atoms with Gasteiger partial charge in [-0.1, -0.05) is 30.3 Å². The number of piperidine rings is 1. The van der Waals surface area contributed by atoms with Crippen LogP contribution in [-0.4, -0.2) is 30.8 Å². The van der Waals surface area contributed by atoms with E-state index in [-0.39, 0.29) is 17.7 Å². The third kappa shape index (κ3) is 3.37. The largest absolute Gasteiger partial charge is 0.494 e. The predicted octanol–water partition coefficient (Wildman–Crippen LogP) is 4.48. The SMILES string of the molecule is COc1c(C(F)(F)F)ccnc1[C@@H]1CO[C@]2(CCCN[C@H]2c2ccccc2)C1. The predicted molar refractivity (Wildman–Crippen MR) is 98.3 cm³/mol. The number of hydrogen-bond donors (Lipinski definition) is 1. The molecule has 2 saturated heterocycles. The lowest BCUT2D eigenvalue weighted by atomic mass is 9.77. The van der Waals surface area contributed by atoms with Crippen molar-refractivity contribution in [3.8, 4) is 5.75 Å². The van der Waals surface area contributed by atoms with Crippen LogP contribution in [0.5, 0.6) is 5.75 Å². The van der Waals surface area contributed by atoms with Crippen LogP contribution in [0.25, 0.3) is 0 Å². The zero-order chi connectivity index (χ0) is 19.8. The maximum absolute atomic E-state index is 13.4. The first-order valence-electron chi connectivity index (χ1n) is 9.47. The molecule has 0 amide bonds. The first kappa shape index (κ1) is 19.2. The second kappa shape index (κ2) is 7.37. The molecule has 0 saturated carbocycles. The minimum absolute atomic E-state index is 0.00393. The van der Waals surface area contributed by atoms with Crippen LogP contribution < -0.4 is 10.1 Å². The number of alkyl halides is 3. The standard InChI is InChI=1S/C21H23F3N2O2/c1-27-18-16(21(22,23)24)8-11-25-17(18)15-12-20(28-13-15)9-5-10-26-19(20)14-6-3-2-4-7-14/h2-4,6-8,11,15,19,26H,5,9-10,12-13H2,1H3/t15-,19-,20+/m0/s1. The fourth-order valence-electron chi connectivity index (χ4n) is 4.58. The van der Waals surface area contributed by atoms with Crippen LogP contribution in [-0.2, 0) is 10.9 Å². The summed E-state index contributed by atoms with van der Waals surface area (Å²) in [6, 6.07) is 11.0. The Morgan fingerprint density at radius 1 is 1.21 bits per heavy atom. The number of halogens is 3. The van der Waals surface area contributed by atoms with E-state index in [0.29, 0.717) is 18.7 Å². The highest BCUT2D eigenvalue weighted by atomic mass is 19.4. The Balaban J connectivity index is 1.67. The topological polar surface area (TPSA) is 43.4 Å². The third-order valence-corrected chi connectivity index (χ3v) is 5.78. The molecule has 1 aromatic heterocycles. The molecule has 0 radical (unpaired) electrons. The van der Waals surface area contributed by atoms with E-state index >= 15 is 0 Å². The van der Waals surface area contributed by atoms with Crippen molar-refractivity contribution in [3.63, 3.8) is 0 Å². The molecule has 150 valence electrons. The monoisotopic (exact) mass is 392 g/mol. The molecular formula is C21H23F3N2O2. The minimum atomic E-state index is -4.49. The van der Waals surface area contributed by atoms with Gasteiger partial charge in [0.2, 0.25) is 0 Å². The highest BCUT2D eigenvalue weighted by molar-refractivity contribution is 5.41. The number of pyridine rings is 1. The Kier molecular flexibility index (Phi) is 5.05. The molecule has 2 aromatic rings. The summed E-state index contributed by atoms with van der Waals surface area (Å²) in [6.45, 7) is 1.22. The van der Waals surface area contributed by atoms with Gasteiger partial charge in [0.15, 0.2) is 5.75 Å². The van der Waals surface area contributed by atoms with Crippen LogP contribution in [0, 0.1) is 0 Å². The number of rotatable bonds is 3. The van der Waals surface area contributed by atoms with Crippen LogP contribution in [0.4, 0.5) is 13.2 Å². The van der Waals surface area contributed by atoms with Gasteiger partial charge < -0.3 is 14.8 Å². The Bertz CT molecular complexity index is 828. The molecule has 4 nitrogen and oxygen atoms in total. The molecule has 1 spiro atoms. The second-order valence-electron chi connectivity index (χ2n) is 7.45. The van der Waals surface area contributed by atoms with Crippen molar-refractivity contribution in [3.05, 3.63) is 59.4 Å². The molecule has 3 heterocycles. The molecule has 28 heavy (non-hydrogen) atoms. The van der Waals surface area contributed by atoms with Crippen LogP contribution >= 0.6 is 0 Å². The van der Waals surface area contributed by atoms with E-state index in [1.54, 1.807) is 0 Å². The number of benzene rings is 1. The summed E-state index contributed by atoms with van der Waals surface area (Å²) in [4.78, 5) is 4.26. The molecule has 3 atom stereocenters. The van der Waals surface area contributed by atoms with Gasteiger partial charge in [-0.2, -0.15) is 13.2 Å². The van der Waals surface area contributed by atoms with Gasteiger partial charge in [0, 0.05) is 12.1 Å². The molecule has 2 fully saturated rings. The van der Waals surface area contributed by atoms with Gasteiger partial charge in [-0.25, -0.2) is 0 Å². The zero-order valence-corrected chi connectivity index (χ0v) is 15.6. The van der Waals surface area contributed by atoms with Crippen molar-refractivity contribution < 1.29 is 22.6 Å². The normalized spacial score (nSPS) is 27.9. The van der Waals surface area contributed by atoms with Gasteiger partial charge >= 0.3 is 6.18 Å². The Hall–Kier alpha value is -2.12. The van der Waals surface area contributed by atoms with E-state index in [0.717, 1.165) is 31.0 Å².